The molecule has 1 unspecified atom stereocenters. The van der Waals surface area contributed by atoms with E-state index in [4.69, 9.17) is 4.42 Å². The van der Waals surface area contributed by atoms with Gasteiger partial charge in [-0.1, -0.05) is 18.2 Å². The number of rotatable bonds is 5. The average Bonchev–Trinajstić information content (AvgIpc) is 3.25. The van der Waals surface area contributed by atoms with Crippen molar-refractivity contribution in [2.75, 3.05) is 11.9 Å². The Bertz CT molecular complexity index is 811. The van der Waals surface area contributed by atoms with Gasteiger partial charge in [0.1, 0.15) is 17.7 Å². The van der Waals surface area contributed by atoms with Gasteiger partial charge in [0.25, 0.3) is 0 Å². The van der Waals surface area contributed by atoms with E-state index < -0.39 is 12.1 Å². The van der Waals surface area contributed by atoms with Crippen LogP contribution in [0.3, 0.4) is 0 Å². The SMILES string of the molecule is Cc1ccccc1-n1nccc1NC(=O)NCC(O)c1ccco1. The van der Waals surface area contributed by atoms with Gasteiger partial charge < -0.3 is 14.8 Å². The van der Waals surface area contributed by atoms with E-state index in [1.807, 2.05) is 31.2 Å². The maximum absolute atomic E-state index is 12.0. The Morgan fingerprint density at radius 2 is 2.12 bits per heavy atom. The number of carbonyl (C=O) groups is 1. The Hall–Kier alpha value is -3.06. The van der Waals surface area contributed by atoms with Gasteiger partial charge in [-0.25, -0.2) is 9.48 Å². The van der Waals surface area contributed by atoms with Gasteiger partial charge in [0.2, 0.25) is 0 Å². The summed E-state index contributed by atoms with van der Waals surface area (Å²) in [5.41, 5.74) is 1.92. The second-order valence-corrected chi connectivity index (χ2v) is 5.28. The third-order valence-electron chi connectivity index (χ3n) is 3.56. The number of aromatic nitrogens is 2. The first-order chi connectivity index (χ1) is 11.6. The number of hydrogen-bond acceptors (Lipinski definition) is 4. The number of benzene rings is 1. The molecule has 0 saturated heterocycles. The zero-order chi connectivity index (χ0) is 16.9. The first kappa shape index (κ1) is 15.8. The molecule has 2 aromatic heterocycles. The van der Waals surface area contributed by atoms with Crippen LogP contribution in [0.2, 0.25) is 0 Å². The number of anilines is 1. The minimum Gasteiger partial charge on any atom is -0.467 e. The molecular formula is C17H18N4O3. The number of carbonyl (C=O) groups excluding carboxylic acids is 1. The summed E-state index contributed by atoms with van der Waals surface area (Å²) in [5, 5.41) is 19.5. The Morgan fingerprint density at radius 3 is 2.88 bits per heavy atom. The summed E-state index contributed by atoms with van der Waals surface area (Å²) in [4.78, 5) is 12.0. The summed E-state index contributed by atoms with van der Waals surface area (Å²) in [6.45, 7) is 2.01. The van der Waals surface area contributed by atoms with Crippen LogP contribution in [0, 0.1) is 6.92 Å². The number of nitrogens with one attached hydrogen (secondary N) is 2. The van der Waals surface area contributed by atoms with Crippen molar-refractivity contribution in [2.45, 2.75) is 13.0 Å². The molecule has 124 valence electrons. The van der Waals surface area contributed by atoms with Gasteiger partial charge >= 0.3 is 6.03 Å². The fourth-order valence-electron chi connectivity index (χ4n) is 2.32. The second kappa shape index (κ2) is 7.01. The number of aryl methyl sites for hydroxylation is 1. The highest BCUT2D eigenvalue weighted by Crippen LogP contribution is 2.18. The lowest BCUT2D eigenvalue weighted by atomic mass is 10.2. The van der Waals surface area contributed by atoms with Crippen LogP contribution >= 0.6 is 0 Å². The summed E-state index contributed by atoms with van der Waals surface area (Å²) in [5.74, 6) is 0.939. The predicted molar refractivity (Wildman–Crippen MR) is 89.0 cm³/mol. The van der Waals surface area contributed by atoms with Crippen LogP contribution in [0.4, 0.5) is 10.6 Å². The Morgan fingerprint density at radius 1 is 1.29 bits per heavy atom. The number of furan rings is 1. The van der Waals surface area contributed by atoms with Crippen molar-refractivity contribution >= 4 is 11.8 Å². The quantitative estimate of drug-likeness (QED) is 0.672. The lowest BCUT2D eigenvalue weighted by Crippen LogP contribution is -2.33. The summed E-state index contributed by atoms with van der Waals surface area (Å²) in [7, 11) is 0. The van der Waals surface area contributed by atoms with E-state index in [9.17, 15) is 9.90 Å². The number of amides is 2. The summed E-state index contributed by atoms with van der Waals surface area (Å²) >= 11 is 0. The van der Waals surface area contributed by atoms with Crippen LogP contribution in [0.5, 0.6) is 0 Å². The van der Waals surface area contributed by atoms with Crippen LogP contribution in [-0.2, 0) is 0 Å². The highest BCUT2D eigenvalue weighted by molar-refractivity contribution is 5.88. The molecule has 2 amide bonds. The second-order valence-electron chi connectivity index (χ2n) is 5.28. The molecule has 3 rings (SSSR count). The molecule has 7 heteroatoms. The smallest absolute Gasteiger partial charge is 0.320 e. The van der Waals surface area contributed by atoms with E-state index in [0.29, 0.717) is 11.6 Å². The molecule has 0 spiro atoms. The van der Waals surface area contributed by atoms with Gasteiger partial charge in [-0.05, 0) is 30.7 Å². The molecule has 0 aliphatic carbocycles. The van der Waals surface area contributed by atoms with Crippen LogP contribution in [-0.4, -0.2) is 27.5 Å². The highest BCUT2D eigenvalue weighted by atomic mass is 16.4. The maximum Gasteiger partial charge on any atom is 0.320 e. The number of urea groups is 1. The van der Waals surface area contributed by atoms with E-state index in [1.54, 1.807) is 29.1 Å². The van der Waals surface area contributed by atoms with Crippen LogP contribution < -0.4 is 10.6 Å². The molecule has 0 aliphatic heterocycles. The van der Waals surface area contributed by atoms with Crippen molar-refractivity contribution in [1.82, 2.24) is 15.1 Å². The third kappa shape index (κ3) is 3.47. The van der Waals surface area contributed by atoms with E-state index in [1.165, 1.54) is 6.26 Å². The van der Waals surface area contributed by atoms with E-state index in [2.05, 4.69) is 15.7 Å². The van der Waals surface area contributed by atoms with Crippen molar-refractivity contribution in [3.05, 3.63) is 66.2 Å². The van der Waals surface area contributed by atoms with Gasteiger partial charge in [-0.2, -0.15) is 5.10 Å². The first-order valence-electron chi connectivity index (χ1n) is 7.51. The van der Waals surface area contributed by atoms with Crippen molar-refractivity contribution in [3.63, 3.8) is 0 Å². The topological polar surface area (TPSA) is 92.3 Å². The zero-order valence-corrected chi connectivity index (χ0v) is 13.1. The standard InChI is InChI=1S/C17H18N4O3/c1-12-5-2-3-6-13(12)21-16(8-9-19-21)20-17(23)18-11-14(22)15-7-4-10-24-15/h2-10,14,22H,11H2,1H3,(H2,18,20,23). The fourth-order valence-corrected chi connectivity index (χ4v) is 2.32. The van der Waals surface area contributed by atoms with Crippen molar-refractivity contribution in [2.24, 2.45) is 0 Å². The first-order valence-corrected chi connectivity index (χ1v) is 7.51. The molecule has 7 nitrogen and oxygen atoms in total. The maximum atomic E-state index is 12.0. The van der Waals surface area contributed by atoms with Crippen molar-refractivity contribution < 1.29 is 14.3 Å². The Kier molecular flexibility index (Phi) is 4.62. The molecule has 2 heterocycles. The number of aliphatic hydroxyl groups excluding tert-OH is 1. The molecule has 0 aliphatic rings. The number of hydrogen-bond donors (Lipinski definition) is 3. The Labute approximate surface area is 138 Å². The molecule has 0 radical (unpaired) electrons. The molecule has 1 atom stereocenters. The van der Waals surface area contributed by atoms with Gasteiger partial charge in [0.05, 0.1) is 24.7 Å². The monoisotopic (exact) mass is 326 g/mol. The number of nitrogens with zero attached hydrogens (tertiary/aromatic N) is 2. The van der Waals surface area contributed by atoms with Crippen LogP contribution in [0.1, 0.15) is 17.4 Å². The average molecular weight is 326 g/mol. The molecule has 0 fully saturated rings. The minimum absolute atomic E-state index is 0.0395. The predicted octanol–water partition coefficient (Wildman–Crippen LogP) is 2.63. The molecule has 24 heavy (non-hydrogen) atoms. The summed E-state index contributed by atoms with van der Waals surface area (Å²) in [6.07, 6.45) is 2.19. The van der Waals surface area contributed by atoms with E-state index in [-0.39, 0.29) is 6.54 Å². The molecule has 0 saturated carbocycles. The van der Waals surface area contributed by atoms with E-state index >= 15 is 0 Å². The fraction of sp³-hybridized carbons (Fsp3) is 0.176. The summed E-state index contributed by atoms with van der Waals surface area (Å²) < 4.78 is 6.74. The lowest BCUT2D eigenvalue weighted by Gasteiger charge is -2.13. The normalized spacial score (nSPS) is 11.9. The molecule has 0 bridgehead atoms. The van der Waals surface area contributed by atoms with Crippen molar-refractivity contribution in [3.8, 4) is 5.69 Å². The van der Waals surface area contributed by atoms with Crippen LogP contribution in [0.25, 0.3) is 5.69 Å². The van der Waals surface area contributed by atoms with Gasteiger partial charge in [-0.15, -0.1) is 0 Å². The van der Waals surface area contributed by atoms with Gasteiger partial charge in [0.15, 0.2) is 0 Å². The minimum atomic E-state index is -0.896. The highest BCUT2D eigenvalue weighted by Gasteiger charge is 2.13. The largest absolute Gasteiger partial charge is 0.467 e. The van der Waals surface area contributed by atoms with E-state index in [0.717, 1.165) is 11.3 Å². The lowest BCUT2D eigenvalue weighted by molar-refractivity contribution is 0.149. The van der Waals surface area contributed by atoms with Gasteiger partial charge in [0, 0.05) is 6.07 Å². The molecule has 3 N–H and O–H groups in total. The molecule has 3 aromatic rings. The summed E-state index contributed by atoms with van der Waals surface area (Å²) in [6, 6.07) is 12.3. The van der Waals surface area contributed by atoms with Crippen LogP contribution in [0.15, 0.2) is 59.3 Å². The number of para-hydroxylation sites is 1. The third-order valence-corrected chi connectivity index (χ3v) is 3.56. The number of aliphatic hydroxyl groups is 1. The molecule has 1 aromatic carbocycles. The van der Waals surface area contributed by atoms with Gasteiger partial charge in [-0.3, -0.25) is 5.32 Å². The Balaban J connectivity index is 1.64. The zero-order valence-electron chi connectivity index (χ0n) is 13.1. The molecular weight excluding hydrogens is 308 g/mol. The van der Waals surface area contributed by atoms with Crippen molar-refractivity contribution in [1.29, 1.82) is 0 Å².